The molecule has 0 radical (unpaired) electrons. The molecule has 3 rings (SSSR count). The lowest BCUT2D eigenvalue weighted by Crippen LogP contribution is -1.96. The van der Waals surface area contributed by atoms with Gasteiger partial charge in [-0.15, -0.1) is 0 Å². The first kappa shape index (κ1) is 10.9. The fraction of sp³-hybridized carbons (Fsp3) is 0.143. The summed E-state index contributed by atoms with van der Waals surface area (Å²) in [7, 11) is 0. The third-order valence-electron chi connectivity index (χ3n) is 2.89. The molecule has 0 saturated carbocycles. The Balaban J connectivity index is 2.10. The van der Waals surface area contributed by atoms with E-state index in [1.807, 2.05) is 37.3 Å². The van der Waals surface area contributed by atoms with E-state index in [1.54, 1.807) is 6.20 Å². The second-order valence-corrected chi connectivity index (χ2v) is 4.20. The normalized spacial score (nSPS) is 11.0. The van der Waals surface area contributed by atoms with Crippen LogP contribution in [0.25, 0.3) is 22.7 Å². The van der Waals surface area contributed by atoms with Crippen molar-refractivity contribution in [2.75, 3.05) is 0 Å². The first-order valence-corrected chi connectivity index (χ1v) is 5.79. The summed E-state index contributed by atoms with van der Waals surface area (Å²) in [6.07, 6.45) is 1.75. The fourth-order valence-electron chi connectivity index (χ4n) is 1.87. The third-order valence-corrected chi connectivity index (χ3v) is 2.89. The standard InChI is InChI=1S/C14H13N3O/c1-9-3-2-4-11-13(9)18-14(17-11)12-6-5-10(7-15)8-16-12/h2-6,8H,7,15H2,1H3. The Morgan fingerprint density at radius 2 is 2.11 bits per heavy atom. The van der Waals surface area contributed by atoms with Crippen LogP contribution in [0.3, 0.4) is 0 Å². The van der Waals surface area contributed by atoms with Gasteiger partial charge in [0.25, 0.3) is 0 Å². The Hall–Kier alpha value is -2.20. The summed E-state index contributed by atoms with van der Waals surface area (Å²) in [5.74, 6) is 0.544. The van der Waals surface area contributed by atoms with E-state index in [2.05, 4.69) is 9.97 Å². The molecule has 0 saturated heterocycles. The molecular weight excluding hydrogens is 226 g/mol. The van der Waals surface area contributed by atoms with E-state index in [4.69, 9.17) is 10.2 Å². The number of aryl methyl sites for hydroxylation is 1. The van der Waals surface area contributed by atoms with Gasteiger partial charge >= 0.3 is 0 Å². The molecule has 4 nitrogen and oxygen atoms in total. The Morgan fingerprint density at radius 3 is 2.78 bits per heavy atom. The van der Waals surface area contributed by atoms with Crippen molar-refractivity contribution in [1.82, 2.24) is 9.97 Å². The highest BCUT2D eigenvalue weighted by molar-refractivity contribution is 5.78. The van der Waals surface area contributed by atoms with Crippen molar-refractivity contribution in [3.63, 3.8) is 0 Å². The molecule has 0 unspecified atom stereocenters. The lowest BCUT2D eigenvalue weighted by atomic mass is 10.2. The van der Waals surface area contributed by atoms with Gasteiger partial charge in [-0.25, -0.2) is 4.98 Å². The van der Waals surface area contributed by atoms with Crippen LogP contribution in [0.4, 0.5) is 0 Å². The Labute approximate surface area is 104 Å². The predicted octanol–water partition coefficient (Wildman–Crippen LogP) is 2.66. The molecule has 0 fully saturated rings. The van der Waals surface area contributed by atoms with Crippen LogP contribution in [-0.4, -0.2) is 9.97 Å². The van der Waals surface area contributed by atoms with Crippen LogP contribution in [0.2, 0.25) is 0 Å². The zero-order chi connectivity index (χ0) is 12.5. The molecule has 0 bridgehead atoms. The molecule has 3 aromatic rings. The summed E-state index contributed by atoms with van der Waals surface area (Å²) in [4.78, 5) is 8.75. The third kappa shape index (κ3) is 1.76. The van der Waals surface area contributed by atoms with Crippen molar-refractivity contribution in [1.29, 1.82) is 0 Å². The summed E-state index contributed by atoms with van der Waals surface area (Å²) < 4.78 is 5.75. The number of fused-ring (bicyclic) bond motifs is 1. The average molecular weight is 239 g/mol. The van der Waals surface area contributed by atoms with Gasteiger partial charge in [-0.05, 0) is 30.2 Å². The van der Waals surface area contributed by atoms with E-state index in [-0.39, 0.29) is 0 Å². The van der Waals surface area contributed by atoms with Crippen LogP contribution >= 0.6 is 0 Å². The lowest BCUT2D eigenvalue weighted by molar-refractivity contribution is 0.614. The quantitative estimate of drug-likeness (QED) is 0.746. The van der Waals surface area contributed by atoms with Crippen molar-refractivity contribution in [2.24, 2.45) is 5.73 Å². The topological polar surface area (TPSA) is 64.9 Å². The van der Waals surface area contributed by atoms with Gasteiger partial charge in [-0.3, -0.25) is 4.98 Å². The molecule has 0 atom stereocenters. The molecule has 18 heavy (non-hydrogen) atoms. The lowest BCUT2D eigenvalue weighted by Gasteiger charge is -1.97. The van der Waals surface area contributed by atoms with Crippen LogP contribution in [0.15, 0.2) is 40.9 Å². The largest absolute Gasteiger partial charge is 0.434 e. The molecule has 1 aromatic carbocycles. The summed E-state index contributed by atoms with van der Waals surface area (Å²) in [6, 6.07) is 9.72. The van der Waals surface area contributed by atoms with Gasteiger partial charge in [0.15, 0.2) is 5.58 Å². The molecule has 0 aliphatic carbocycles. The molecule has 0 aliphatic rings. The number of oxazole rings is 1. The van der Waals surface area contributed by atoms with Gasteiger partial charge in [0, 0.05) is 12.7 Å². The molecule has 90 valence electrons. The van der Waals surface area contributed by atoms with E-state index in [1.165, 1.54) is 0 Å². The van der Waals surface area contributed by atoms with Crippen molar-refractivity contribution < 1.29 is 4.42 Å². The number of benzene rings is 1. The Kier molecular flexibility index (Phi) is 2.57. The molecule has 2 heterocycles. The Morgan fingerprint density at radius 1 is 1.22 bits per heavy atom. The van der Waals surface area contributed by atoms with E-state index in [0.29, 0.717) is 12.4 Å². The van der Waals surface area contributed by atoms with Gasteiger partial charge in [0.2, 0.25) is 5.89 Å². The highest BCUT2D eigenvalue weighted by atomic mass is 16.3. The predicted molar refractivity (Wildman–Crippen MR) is 69.9 cm³/mol. The number of rotatable bonds is 2. The molecule has 2 aromatic heterocycles. The molecule has 0 aliphatic heterocycles. The average Bonchev–Trinajstić information content (AvgIpc) is 2.84. The first-order chi connectivity index (χ1) is 8.78. The second kappa shape index (κ2) is 4.23. The number of nitrogens with two attached hydrogens (primary N) is 1. The number of nitrogens with zero attached hydrogens (tertiary/aromatic N) is 2. The summed E-state index contributed by atoms with van der Waals surface area (Å²) in [5.41, 5.74) is 10.0. The van der Waals surface area contributed by atoms with Crippen LogP contribution in [-0.2, 0) is 6.54 Å². The summed E-state index contributed by atoms with van der Waals surface area (Å²) >= 11 is 0. The minimum atomic E-state index is 0.486. The van der Waals surface area contributed by atoms with E-state index in [9.17, 15) is 0 Å². The smallest absolute Gasteiger partial charge is 0.246 e. The van der Waals surface area contributed by atoms with Gasteiger partial charge < -0.3 is 10.2 Å². The number of pyridine rings is 1. The van der Waals surface area contributed by atoms with E-state index >= 15 is 0 Å². The maximum atomic E-state index is 5.75. The monoisotopic (exact) mass is 239 g/mol. The minimum absolute atomic E-state index is 0.486. The molecular formula is C14H13N3O. The maximum absolute atomic E-state index is 5.75. The highest BCUT2D eigenvalue weighted by Crippen LogP contribution is 2.24. The molecule has 2 N–H and O–H groups in total. The number of aromatic nitrogens is 2. The molecule has 0 amide bonds. The van der Waals surface area contributed by atoms with Crippen LogP contribution in [0.5, 0.6) is 0 Å². The van der Waals surface area contributed by atoms with Gasteiger partial charge in [0.1, 0.15) is 11.2 Å². The zero-order valence-electron chi connectivity index (χ0n) is 10.1. The number of hydrogen-bond acceptors (Lipinski definition) is 4. The van der Waals surface area contributed by atoms with Gasteiger partial charge in [0.05, 0.1) is 0 Å². The van der Waals surface area contributed by atoms with Crippen molar-refractivity contribution in [2.45, 2.75) is 13.5 Å². The van der Waals surface area contributed by atoms with Crippen LogP contribution in [0, 0.1) is 6.92 Å². The van der Waals surface area contributed by atoms with Crippen LogP contribution < -0.4 is 5.73 Å². The van der Waals surface area contributed by atoms with Crippen molar-refractivity contribution in [3.8, 4) is 11.6 Å². The molecule has 4 heteroatoms. The molecule has 0 spiro atoms. The minimum Gasteiger partial charge on any atom is -0.434 e. The first-order valence-electron chi connectivity index (χ1n) is 5.79. The fourth-order valence-corrected chi connectivity index (χ4v) is 1.87. The number of hydrogen-bond donors (Lipinski definition) is 1. The highest BCUT2D eigenvalue weighted by Gasteiger charge is 2.10. The SMILES string of the molecule is Cc1cccc2nc(-c3ccc(CN)cn3)oc12. The zero-order valence-corrected chi connectivity index (χ0v) is 10.1. The Bertz CT molecular complexity index is 686. The van der Waals surface area contributed by atoms with Gasteiger partial charge in [-0.2, -0.15) is 0 Å². The second-order valence-electron chi connectivity index (χ2n) is 4.20. The van der Waals surface area contributed by atoms with Gasteiger partial charge in [-0.1, -0.05) is 18.2 Å². The van der Waals surface area contributed by atoms with E-state index < -0.39 is 0 Å². The van der Waals surface area contributed by atoms with Crippen molar-refractivity contribution >= 4 is 11.1 Å². The summed E-state index contributed by atoms with van der Waals surface area (Å²) in [6.45, 7) is 2.49. The van der Waals surface area contributed by atoms with E-state index in [0.717, 1.165) is 27.9 Å². The van der Waals surface area contributed by atoms with Crippen molar-refractivity contribution in [3.05, 3.63) is 47.7 Å². The summed E-state index contributed by atoms with van der Waals surface area (Å²) in [5, 5.41) is 0. The number of para-hydroxylation sites is 1. The maximum Gasteiger partial charge on any atom is 0.246 e. The van der Waals surface area contributed by atoms with Crippen LogP contribution in [0.1, 0.15) is 11.1 Å².